The molecule has 2 aromatic carbocycles. The Kier molecular flexibility index (Phi) is 4.64. The van der Waals surface area contributed by atoms with Crippen molar-refractivity contribution in [2.75, 3.05) is 16.8 Å². The minimum Gasteiger partial charge on any atom is -0.322 e. The number of benzene rings is 2. The first-order valence-corrected chi connectivity index (χ1v) is 9.41. The van der Waals surface area contributed by atoms with Gasteiger partial charge in [0.2, 0.25) is 5.91 Å². The molecule has 0 atom stereocenters. The fourth-order valence-corrected chi connectivity index (χ4v) is 4.00. The molecule has 1 fully saturated rings. The number of nitrogens with one attached hydrogen (secondary N) is 1. The molecule has 1 N–H and O–H groups in total. The smallest absolute Gasteiger partial charge is 0.255 e. The molecular formula is C22H21N3O2. The second kappa shape index (κ2) is 7.24. The Labute approximate surface area is 158 Å². The Morgan fingerprint density at radius 3 is 2.52 bits per heavy atom. The average Bonchev–Trinajstić information content (AvgIpc) is 3.37. The number of amides is 2. The van der Waals surface area contributed by atoms with E-state index >= 15 is 0 Å². The summed E-state index contributed by atoms with van der Waals surface area (Å²) in [6, 6.07) is 14.3. The number of nitriles is 1. The highest BCUT2D eigenvalue weighted by Crippen LogP contribution is 2.34. The van der Waals surface area contributed by atoms with E-state index in [4.69, 9.17) is 5.26 Å². The molecule has 4 rings (SSSR count). The van der Waals surface area contributed by atoms with Crippen LogP contribution < -0.4 is 10.2 Å². The average molecular weight is 359 g/mol. The van der Waals surface area contributed by atoms with Gasteiger partial charge >= 0.3 is 0 Å². The Morgan fingerprint density at radius 1 is 1.07 bits per heavy atom. The van der Waals surface area contributed by atoms with Crippen LogP contribution in [0, 0.1) is 17.2 Å². The van der Waals surface area contributed by atoms with Crippen LogP contribution in [0.1, 0.15) is 47.2 Å². The van der Waals surface area contributed by atoms with Crippen molar-refractivity contribution in [1.82, 2.24) is 0 Å². The second-order valence-electron chi connectivity index (χ2n) is 7.21. The Hall–Kier alpha value is -3.13. The van der Waals surface area contributed by atoms with Gasteiger partial charge in [-0.3, -0.25) is 9.59 Å². The van der Waals surface area contributed by atoms with Gasteiger partial charge in [0.1, 0.15) is 0 Å². The summed E-state index contributed by atoms with van der Waals surface area (Å²) >= 11 is 0. The molecule has 0 bridgehead atoms. The molecule has 136 valence electrons. The Bertz CT molecular complexity index is 922. The van der Waals surface area contributed by atoms with Crippen LogP contribution in [-0.2, 0) is 11.2 Å². The van der Waals surface area contributed by atoms with Crippen molar-refractivity contribution in [3.05, 3.63) is 59.2 Å². The van der Waals surface area contributed by atoms with Crippen LogP contribution >= 0.6 is 0 Å². The predicted octanol–water partition coefficient (Wildman–Crippen LogP) is 3.89. The van der Waals surface area contributed by atoms with Crippen molar-refractivity contribution in [1.29, 1.82) is 5.26 Å². The highest BCUT2D eigenvalue weighted by Gasteiger charge is 2.31. The van der Waals surface area contributed by atoms with E-state index in [9.17, 15) is 9.59 Å². The van der Waals surface area contributed by atoms with Crippen LogP contribution in [0.15, 0.2) is 42.5 Å². The fraction of sp³-hybridized carbons (Fsp3) is 0.318. The summed E-state index contributed by atoms with van der Waals surface area (Å²) in [5.41, 5.74) is 3.82. The van der Waals surface area contributed by atoms with Gasteiger partial charge in [0, 0.05) is 29.4 Å². The van der Waals surface area contributed by atoms with E-state index in [2.05, 4.69) is 5.32 Å². The molecule has 0 spiro atoms. The highest BCUT2D eigenvalue weighted by molar-refractivity contribution is 6.05. The lowest BCUT2D eigenvalue weighted by molar-refractivity contribution is -0.122. The van der Waals surface area contributed by atoms with Crippen LogP contribution in [0.4, 0.5) is 11.4 Å². The van der Waals surface area contributed by atoms with Crippen LogP contribution in [-0.4, -0.2) is 18.4 Å². The number of hydrogen-bond donors (Lipinski definition) is 1. The largest absolute Gasteiger partial charge is 0.322 e. The van der Waals surface area contributed by atoms with Gasteiger partial charge in [-0.05, 0) is 67.3 Å². The van der Waals surface area contributed by atoms with Gasteiger partial charge in [0.25, 0.3) is 5.91 Å². The number of fused-ring (bicyclic) bond motifs is 1. The second-order valence-corrected chi connectivity index (χ2v) is 7.21. The predicted molar refractivity (Wildman–Crippen MR) is 104 cm³/mol. The maximum absolute atomic E-state index is 12.7. The third-order valence-electron chi connectivity index (χ3n) is 5.48. The first kappa shape index (κ1) is 17.3. The molecule has 1 saturated carbocycles. The molecule has 2 amide bonds. The summed E-state index contributed by atoms with van der Waals surface area (Å²) in [4.78, 5) is 27.1. The van der Waals surface area contributed by atoms with Crippen molar-refractivity contribution >= 4 is 23.2 Å². The summed E-state index contributed by atoms with van der Waals surface area (Å²) in [6.07, 6.45) is 5.12. The molecule has 5 nitrogen and oxygen atoms in total. The van der Waals surface area contributed by atoms with Gasteiger partial charge in [-0.15, -0.1) is 0 Å². The lowest BCUT2D eigenvalue weighted by atomic mass is 10.1. The summed E-state index contributed by atoms with van der Waals surface area (Å²) in [5, 5.41) is 11.7. The normalized spacial score (nSPS) is 16.0. The van der Waals surface area contributed by atoms with Crippen LogP contribution in [0.5, 0.6) is 0 Å². The van der Waals surface area contributed by atoms with E-state index in [0.717, 1.165) is 55.6 Å². The van der Waals surface area contributed by atoms with E-state index in [1.165, 1.54) is 0 Å². The third kappa shape index (κ3) is 3.43. The maximum Gasteiger partial charge on any atom is 0.255 e. The van der Waals surface area contributed by atoms with Crippen LogP contribution in [0.25, 0.3) is 0 Å². The van der Waals surface area contributed by atoms with E-state index in [1.54, 1.807) is 24.3 Å². The first-order chi connectivity index (χ1) is 13.2. The minimum atomic E-state index is -0.212. The summed E-state index contributed by atoms with van der Waals surface area (Å²) < 4.78 is 0. The van der Waals surface area contributed by atoms with Crippen molar-refractivity contribution < 1.29 is 9.59 Å². The van der Waals surface area contributed by atoms with Gasteiger partial charge in [0.05, 0.1) is 11.6 Å². The van der Waals surface area contributed by atoms with Crippen LogP contribution in [0.3, 0.4) is 0 Å². The minimum absolute atomic E-state index is 0.173. The molecule has 0 saturated heterocycles. The SMILES string of the molecule is N#Cc1ccc(C(=O)Nc2ccc3c(c2)CCN3C(=O)C2CCCC2)cc1. The van der Waals surface area contributed by atoms with Gasteiger partial charge < -0.3 is 10.2 Å². The van der Waals surface area contributed by atoms with Crippen molar-refractivity contribution in [3.63, 3.8) is 0 Å². The zero-order chi connectivity index (χ0) is 18.8. The topological polar surface area (TPSA) is 73.2 Å². The van der Waals surface area contributed by atoms with E-state index < -0.39 is 0 Å². The Balaban J connectivity index is 1.47. The molecular weight excluding hydrogens is 338 g/mol. The number of hydrogen-bond acceptors (Lipinski definition) is 3. The summed E-state index contributed by atoms with van der Waals surface area (Å²) in [7, 11) is 0. The monoisotopic (exact) mass is 359 g/mol. The number of carbonyl (C=O) groups excluding carboxylic acids is 2. The molecule has 5 heteroatoms. The quantitative estimate of drug-likeness (QED) is 0.903. The van der Waals surface area contributed by atoms with Gasteiger partial charge in [-0.1, -0.05) is 12.8 Å². The Morgan fingerprint density at radius 2 is 1.81 bits per heavy atom. The number of rotatable bonds is 3. The first-order valence-electron chi connectivity index (χ1n) is 9.41. The standard InChI is InChI=1S/C22H21N3O2/c23-14-15-5-7-16(8-6-15)21(26)24-19-9-10-20-18(13-19)11-12-25(20)22(27)17-3-1-2-4-17/h5-10,13,17H,1-4,11-12H2,(H,24,26). The van der Waals surface area contributed by atoms with E-state index in [1.807, 2.05) is 29.2 Å². The highest BCUT2D eigenvalue weighted by atomic mass is 16.2. The lowest BCUT2D eigenvalue weighted by Gasteiger charge is -2.21. The summed E-state index contributed by atoms with van der Waals surface area (Å²) in [5.74, 6) is 0.212. The van der Waals surface area contributed by atoms with Gasteiger partial charge in [0.15, 0.2) is 0 Å². The van der Waals surface area contributed by atoms with Gasteiger partial charge in [-0.2, -0.15) is 5.26 Å². The zero-order valence-electron chi connectivity index (χ0n) is 15.1. The van der Waals surface area contributed by atoms with Crippen LogP contribution in [0.2, 0.25) is 0 Å². The molecule has 2 aliphatic rings. The van der Waals surface area contributed by atoms with Crippen molar-refractivity contribution in [3.8, 4) is 6.07 Å². The molecule has 1 aliphatic carbocycles. The van der Waals surface area contributed by atoms with Crippen molar-refractivity contribution in [2.45, 2.75) is 32.1 Å². The molecule has 0 aromatic heterocycles. The lowest BCUT2D eigenvalue weighted by Crippen LogP contribution is -2.33. The third-order valence-corrected chi connectivity index (χ3v) is 5.48. The molecule has 1 aliphatic heterocycles. The number of carbonyl (C=O) groups is 2. The fourth-order valence-electron chi connectivity index (χ4n) is 4.00. The molecule has 0 radical (unpaired) electrons. The van der Waals surface area contributed by atoms with E-state index in [-0.39, 0.29) is 17.7 Å². The molecule has 2 aromatic rings. The van der Waals surface area contributed by atoms with E-state index in [0.29, 0.717) is 11.1 Å². The molecule has 1 heterocycles. The zero-order valence-corrected chi connectivity index (χ0v) is 15.1. The molecule has 27 heavy (non-hydrogen) atoms. The maximum atomic E-state index is 12.7. The summed E-state index contributed by atoms with van der Waals surface area (Å²) in [6.45, 7) is 0.720. The molecule has 0 unspecified atom stereocenters. The van der Waals surface area contributed by atoms with Crippen molar-refractivity contribution in [2.24, 2.45) is 5.92 Å². The van der Waals surface area contributed by atoms with Gasteiger partial charge in [-0.25, -0.2) is 0 Å². The number of nitrogens with zero attached hydrogens (tertiary/aromatic N) is 2. The number of anilines is 2.